The Balaban J connectivity index is 1.73. The molecule has 2 N–H and O–H groups in total. The van der Waals surface area contributed by atoms with Crippen LogP contribution in [0.2, 0.25) is 0 Å². The highest BCUT2D eigenvalue weighted by atomic mass is 32.1. The van der Waals surface area contributed by atoms with Gasteiger partial charge >= 0.3 is 0 Å². The molecule has 2 aromatic rings. The van der Waals surface area contributed by atoms with Crippen molar-refractivity contribution in [2.45, 2.75) is 39.2 Å². The third-order valence-corrected chi connectivity index (χ3v) is 5.23. The Kier molecular flexibility index (Phi) is 4.82. The molecule has 1 aliphatic rings. The summed E-state index contributed by atoms with van der Waals surface area (Å²) < 4.78 is 5.72. The number of aromatic nitrogens is 1. The summed E-state index contributed by atoms with van der Waals surface area (Å²) in [6, 6.07) is 2.12. The summed E-state index contributed by atoms with van der Waals surface area (Å²) >= 11 is 1.60. The van der Waals surface area contributed by atoms with Crippen molar-refractivity contribution >= 4 is 17.2 Å². The zero-order valence-corrected chi connectivity index (χ0v) is 14.4. The van der Waals surface area contributed by atoms with Crippen LogP contribution in [0.25, 0.3) is 11.5 Å². The number of carbonyl (C=O) groups excluding carboxylic acids is 1. The third kappa shape index (κ3) is 3.48. The third-order valence-electron chi connectivity index (χ3n) is 4.55. The largest absolute Gasteiger partial charge is 0.441 e. The van der Waals surface area contributed by atoms with Crippen LogP contribution in [-0.2, 0) is 11.2 Å². The van der Waals surface area contributed by atoms with E-state index >= 15 is 0 Å². The van der Waals surface area contributed by atoms with Gasteiger partial charge in [0.25, 0.3) is 0 Å². The molecule has 5 nitrogen and oxygen atoms in total. The molecule has 0 spiro atoms. The number of carbonyl (C=O) groups is 1. The standard InChI is InChI=1S/C17H23N3O2S/c1-11-3-5-20(14(7-11)9-18)16(21)8-15-12(2)22-17(19-15)13-4-6-23-10-13/h4,6,10-11,14H,3,5,7-9,18H2,1-2H3. The van der Waals surface area contributed by atoms with E-state index in [2.05, 4.69) is 11.9 Å². The number of hydrogen-bond donors (Lipinski definition) is 1. The zero-order valence-electron chi connectivity index (χ0n) is 13.6. The monoisotopic (exact) mass is 333 g/mol. The number of nitrogens with zero attached hydrogens (tertiary/aromatic N) is 2. The van der Waals surface area contributed by atoms with Crippen LogP contribution in [0, 0.1) is 12.8 Å². The first-order valence-corrected chi connectivity index (χ1v) is 9.01. The smallest absolute Gasteiger partial charge is 0.229 e. The fourth-order valence-corrected chi connectivity index (χ4v) is 3.78. The number of oxazole rings is 1. The summed E-state index contributed by atoms with van der Waals surface area (Å²) in [6.45, 7) is 5.40. The summed E-state index contributed by atoms with van der Waals surface area (Å²) in [4.78, 5) is 19.1. The van der Waals surface area contributed by atoms with Gasteiger partial charge in [0.1, 0.15) is 5.76 Å². The van der Waals surface area contributed by atoms with Crippen LogP contribution >= 0.6 is 11.3 Å². The summed E-state index contributed by atoms with van der Waals surface area (Å²) in [6.07, 6.45) is 2.31. The minimum Gasteiger partial charge on any atom is -0.441 e. The van der Waals surface area contributed by atoms with Crippen LogP contribution in [0.4, 0.5) is 0 Å². The van der Waals surface area contributed by atoms with Gasteiger partial charge in [0.15, 0.2) is 0 Å². The average Bonchev–Trinajstić information content (AvgIpc) is 3.17. The topological polar surface area (TPSA) is 72.4 Å². The number of rotatable bonds is 4. The Morgan fingerprint density at radius 1 is 1.57 bits per heavy atom. The number of thiophene rings is 1. The van der Waals surface area contributed by atoms with Crippen molar-refractivity contribution in [1.82, 2.24) is 9.88 Å². The van der Waals surface area contributed by atoms with Gasteiger partial charge in [-0.15, -0.1) is 0 Å². The first-order valence-electron chi connectivity index (χ1n) is 8.07. The lowest BCUT2D eigenvalue weighted by molar-refractivity contribution is -0.134. The zero-order chi connectivity index (χ0) is 16.4. The van der Waals surface area contributed by atoms with Gasteiger partial charge < -0.3 is 15.1 Å². The van der Waals surface area contributed by atoms with Crippen molar-refractivity contribution < 1.29 is 9.21 Å². The fourth-order valence-electron chi connectivity index (χ4n) is 3.15. The van der Waals surface area contributed by atoms with Crippen molar-refractivity contribution in [3.05, 3.63) is 28.3 Å². The van der Waals surface area contributed by atoms with E-state index in [1.54, 1.807) is 11.3 Å². The highest BCUT2D eigenvalue weighted by molar-refractivity contribution is 7.08. The lowest BCUT2D eigenvalue weighted by Crippen LogP contribution is -2.49. The molecule has 1 amide bonds. The molecule has 3 heterocycles. The second-order valence-electron chi connectivity index (χ2n) is 6.32. The van der Waals surface area contributed by atoms with Crippen molar-refractivity contribution in [2.24, 2.45) is 11.7 Å². The van der Waals surface area contributed by atoms with Crippen molar-refractivity contribution in [1.29, 1.82) is 0 Å². The van der Waals surface area contributed by atoms with Crippen LogP contribution in [0.3, 0.4) is 0 Å². The number of hydrogen-bond acceptors (Lipinski definition) is 5. The predicted octanol–water partition coefficient (Wildman–Crippen LogP) is 2.84. The molecular weight excluding hydrogens is 310 g/mol. The molecule has 3 rings (SSSR count). The van der Waals surface area contributed by atoms with Crippen LogP contribution in [0.1, 0.15) is 31.2 Å². The number of aryl methyl sites for hydroxylation is 1. The molecule has 124 valence electrons. The van der Waals surface area contributed by atoms with Gasteiger partial charge in [0.2, 0.25) is 11.8 Å². The maximum atomic E-state index is 12.7. The van der Waals surface area contributed by atoms with E-state index in [9.17, 15) is 4.79 Å². The van der Waals surface area contributed by atoms with Crippen molar-refractivity contribution in [2.75, 3.05) is 13.1 Å². The molecule has 2 atom stereocenters. The quantitative estimate of drug-likeness (QED) is 0.934. The van der Waals surface area contributed by atoms with Gasteiger partial charge in [0, 0.05) is 30.1 Å². The molecule has 6 heteroatoms. The Hall–Kier alpha value is -1.66. The van der Waals surface area contributed by atoms with Gasteiger partial charge in [-0.3, -0.25) is 4.79 Å². The Bertz CT molecular complexity index is 665. The Labute approximate surface area is 140 Å². The van der Waals surface area contributed by atoms with Crippen molar-refractivity contribution in [3.63, 3.8) is 0 Å². The number of likely N-dealkylation sites (tertiary alicyclic amines) is 1. The summed E-state index contributed by atoms with van der Waals surface area (Å²) in [7, 11) is 0. The molecule has 0 radical (unpaired) electrons. The highest BCUT2D eigenvalue weighted by Gasteiger charge is 2.29. The minimum atomic E-state index is 0.0978. The molecule has 0 bridgehead atoms. The van der Waals surface area contributed by atoms with Gasteiger partial charge in [-0.05, 0) is 37.1 Å². The maximum Gasteiger partial charge on any atom is 0.229 e. The van der Waals surface area contributed by atoms with E-state index in [4.69, 9.17) is 10.2 Å². The van der Waals surface area contributed by atoms with E-state index in [-0.39, 0.29) is 18.4 Å². The second-order valence-corrected chi connectivity index (χ2v) is 7.10. The van der Waals surface area contributed by atoms with Gasteiger partial charge in [0.05, 0.1) is 12.1 Å². The van der Waals surface area contributed by atoms with E-state index in [1.165, 1.54) is 0 Å². The minimum absolute atomic E-state index is 0.0978. The summed E-state index contributed by atoms with van der Waals surface area (Å²) in [5.41, 5.74) is 7.55. The maximum absolute atomic E-state index is 12.7. The molecule has 0 aromatic carbocycles. The molecule has 1 fully saturated rings. The first-order chi connectivity index (χ1) is 11.1. The average molecular weight is 333 g/mol. The van der Waals surface area contributed by atoms with Crippen LogP contribution in [0.5, 0.6) is 0 Å². The van der Waals surface area contributed by atoms with Gasteiger partial charge in [-0.25, -0.2) is 4.98 Å². The molecule has 2 aromatic heterocycles. The molecule has 2 unspecified atom stereocenters. The van der Waals surface area contributed by atoms with E-state index in [0.717, 1.165) is 30.6 Å². The molecule has 0 saturated carbocycles. The Morgan fingerprint density at radius 2 is 2.39 bits per heavy atom. The number of piperidine rings is 1. The van der Waals surface area contributed by atoms with Crippen LogP contribution in [-0.4, -0.2) is 34.9 Å². The number of nitrogens with two attached hydrogens (primary N) is 1. The van der Waals surface area contributed by atoms with Crippen molar-refractivity contribution in [3.8, 4) is 11.5 Å². The molecule has 23 heavy (non-hydrogen) atoms. The molecule has 1 aliphatic heterocycles. The summed E-state index contributed by atoms with van der Waals surface area (Å²) in [5.74, 6) is 2.04. The van der Waals surface area contributed by atoms with Crippen LogP contribution in [0.15, 0.2) is 21.2 Å². The molecule has 1 saturated heterocycles. The summed E-state index contributed by atoms with van der Waals surface area (Å²) in [5, 5.41) is 3.98. The SMILES string of the molecule is Cc1oc(-c2ccsc2)nc1CC(=O)N1CCC(C)CC1CN. The first kappa shape index (κ1) is 16.2. The van der Waals surface area contributed by atoms with Crippen LogP contribution < -0.4 is 5.73 Å². The highest BCUT2D eigenvalue weighted by Crippen LogP contribution is 2.26. The predicted molar refractivity (Wildman–Crippen MR) is 91.2 cm³/mol. The second kappa shape index (κ2) is 6.84. The van der Waals surface area contributed by atoms with E-state index < -0.39 is 0 Å². The van der Waals surface area contributed by atoms with Gasteiger partial charge in [-0.1, -0.05) is 6.92 Å². The van der Waals surface area contributed by atoms with Gasteiger partial charge in [-0.2, -0.15) is 11.3 Å². The molecular formula is C17H23N3O2S. The molecule has 0 aliphatic carbocycles. The number of amides is 1. The van der Waals surface area contributed by atoms with E-state index in [0.29, 0.717) is 24.1 Å². The lowest BCUT2D eigenvalue weighted by atomic mass is 9.92. The van der Waals surface area contributed by atoms with E-state index in [1.807, 2.05) is 28.7 Å². The normalized spacial score (nSPS) is 21.6. The fraction of sp³-hybridized carbons (Fsp3) is 0.529. The lowest BCUT2D eigenvalue weighted by Gasteiger charge is -2.38. The Morgan fingerprint density at radius 3 is 3.09 bits per heavy atom.